The van der Waals surface area contributed by atoms with E-state index < -0.39 is 0 Å². The first-order valence-corrected chi connectivity index (χ1v) is 8.00. The summed E-state index contributed by atoms with van der Waals surface area (Å²) in [5.74, 6) is -0.208. The number of carbonyl (C=O) groups excluding carboxylic acids is 2. The van der Waals surface area contributed by atoms with Crippen LogP contribution in [0.4, 0.5) is 5.00 Å². The van der Waals surface area contributed by atoms with Crippen LogP contribution in [0.25, 0.3) is 0 Å². The fourth-order valence-electron chi connectivity index (χ4n) is 2.42. The quantitative estimate of drug-likeness (QED) is 0.907. The van der Waals surface area contributed by atoms with E-state index in [9.17, 15) is 9.59 Å². The average Bonchev–Trinajstić information content (AvgIpc) is 3.18. The predicted octanol–water partition coefficient (Wildman–Crippen LogP) is 2.16. The lowest BCUT2D eigenvalue weighted by Crippen LogP contribution is -2.42. The molecule has 1 aliphatic rings. The lowest BCUT2D eigenvalue weighted by Gasteiger charge is -2.30. The van der Waals surface area contributed by atoms with Gasteiger partial charge in [-0.25, -0.2) is 0 Å². The Labute approximate surface area is 131 Å². The third-order valence-electron chi connectivity index (χ3n) is 3.69. The molecule has 2 aromatic heterocycles. The molecular formula is C15H17N3O3S. The Morgan fingerprint density at radius 3 is 2.77 bits per heavy atom. The van der Waals surface area contributed by atoms with Gasteiger partial charge in [0.25, 0.3) is 11.8 Å². The van der Waals surface area contributed by atoms with Gasteiger partial charge in [0, 0.05) is 19.1 Å². The fourth-order valence-corrected chi connectivity index (χ4v) is 3.19. The minimum absolute atomic E-state index is 0.0668. The first-order valence-electron chi connectivity index (χ1n) is 7.12. The van der Waals surface area contributed by atoms with Crippen molar-refractivity contribution >= 4 is 28.2 Å². The van der Waals surface area contributed by atoms with Crippen molar-refractivity contribution in [2.75, 3.05) is 18.4 Å². The highest BCUT2D eigenvalue weighted by Crippen LogP contribution is 2.26. The summed E-state index contributed by atoms with van der Waals surface area (Å²) in [6.45, 7) is 1.31. The molecule has 2 amide bonds. The van der Waals surface area contributed by atoms with Gasteiger partial charge < -0.3 is 20.4 Å². The average molecular weight is 319 g/mol. The minimum Gasteiger partial charge on any atom is -0.459 e. The van der Waals surface area contributed by atoms with Crippen molar-refractivity contribution in [3.05, 3.63) is 41.2 Å². The molecule has 0 spiro atoms. The molecule has 3 rings (SSSR count). The van der Waals surface area contributed by atoms with Crippen molar-refractivity contribution < 1.29 is 14.0 Å². The van der Waals surface area contributed by atoms with E-state index in [1.165, 1.54) is 17.6 Å². The number of amides is 2. The maximum Gasteiger partial charge on any atom is 0.291 e. The maximum atomic E-state index is 12.6. The van der Waals surface area contributed by atoms with Crippen molar-refractivity contribution in [2.24, 2.45) is 5.73 Å². The zero-order valence-electron chi connectivity index (χ0n) is 12.0. The molecule has 6 nitrogen and oxygen atoms in total. The molecular weight excluding hydrogens is 302 g/mol. The molecule has 0 bridgehead atoms. The summed E-state index contributed by atoms with van der Waals surface area (Å²) in [5, 5.41) is 5.07. The third-order valence-corrected chi connectivity index (χ3v) is 4.52. The van der Waals surface area contributed by atoms with Crippen LogP contribution >= 0.6 is 11.3 Å². The predicted molar refractivity (Wildman–Crippen MR) is 84.1 cm³/mol. The summed E-state index contributed by atoms with van der Waals surface area (Å²) in [5.41, 5.74) is 6.38. The number of likely N-dealkylation sites (tertiary alicyclic amines) is 1. The zero-order chi connectivity index (χ0) is 15.5. The molecule has 0 saturated carbocycles. The van der Waals surface area contributed by atoms with Crippen LogP contribution < -0.4 is 11.1 Å². The number of nitrogens with zero attached hydrogens (tertiary/aromatic N) is 1. The summed E-state index contributed by atoms with van der Waals surface area (Å²) in [4.78, 5) is 26.4. The van der Waals surface area contributed by atoms with Crippen LogP contribution in [-0.4, -0.2) is 35.8 Å². The molecule has 0 aromatic carbocycles. The van der Waals surface area contributed by atoms with Gasteiger partial charge in [0.05, 0.1) is 11.8 Å². The molecule has 22 heavy (non-hydrogen) atoms. The fraction of sp³-hybridized carbons (Fsp3) is 0.333. The number of rotatable bonds is 3. The van der Waals surface area contributed by atoms with Crippen LogP contribution in [0.15, 0.2) is 34.3 Å². The molecule has 1 saturated heterocycles. The number of thiophene rings is 1. The van der Waals surface area contributed by atoms with E-state index in [2.05, 4.69) is 5.32 Å². The molecule has 3 N–H and O–H groups in total. The van der Waals surface area contributed by atoms with Gasteiger partial charge >= 0.3 is 0 Å². The second-order valence-corrected chi connectivity index (χ2v) is 6.14. The van der Waals surface area contributed by atoms with Gasteiger partial charge in [-0.2, -0.15) is 0 Å². The van der Waals surface area contributed by atoms with E-state index in [0.29, 0.717) is 23.7 Å². The van der Waals surface area contributed by atoms with Crippen molar-refractivity contribution in [1.29, 1.82) is 0 Å². The molecule has 2 aromatic rings. The molecule has 7 heteroatoms. The van der Waals surface area contributed by atoms with Crippen LogP contribution in [-0.2, 0) is 0 Å². The van der Waals surface area contributed by atoms with E-state index in [0.717, 1.165) is 12.8 Å². The van der Waals surface area contributed by atoms with E-state index in [4.69, 9.17) is 10.2 Å². The van der Waals surface area contributed by atoms with E-state index in [1.54, 1.807) is 28.5 Å². The summed E-state index contributed by atoms with van der Waals surface area (Å²) in [6.07, 6.45) is 3.06. The number of furan rings is 1. The SMILES string of the molecule is NC1CCN(C(=O)c2ccsc2NC(=O)c2ccco2)CC1. The van der Waals surface area contributed by atoms with Crippen molar-refractivity contribution in [2.45, 2.75) is 18.9 Å². The van der Waals surface area contributed by atoms with Crippen molar-refractivity contribution in [1.82, 2.24) is 4.90 Å². The second kappa shape index (κ2) is 6.33. The molecule has 0 atom stereocenters. The third kappa shape index (κ3) is 3.05. The summed E-state index contributed by atoms with van der Waals surface area (Å²) in [6, 6.07) is 5.13. The number of nitrogens with two attached hydrogens (primary N) is 1. The van der Waals surface area contributed by atoms with Crippen LogP contribution in [0.5, 0.6) is 0 Å². The maximum absolute atomic E-state index is 12.6. The Kier molecular flexibility index (Phi) is 4.26. The van der Waals surface area contributed by atoms with Crippen LogP contribution in [0.1, 0.15) is 33.8 Å². The monoisotopic (exact) mass is 319 g/mol. The topological polar surface area (TPSA) is 88.6 Å². The number of hydrogen-bond acceptors (Lipinski definition) is 5. The van der Waals surface area contributed by atoms with Gasteiger partial charge in [0.15, 0.2) is 5.76 Å². The first kappa shape index (κ1) is 14.8. The van der Waals surface area contributed by atoms with Gasteiger partial charge in [-0.3, -0.25) is 9.59 Å². The highest BCUT2D eigenvalue weighted by molar-refractivity contribution is 7.14. The van der Waals surface area contributed by atoms with Gasteiger partial charge in [0.1, 0.15) is 5.00 Å². The van der Waals surface area contributed by atoms with Gasteiger partial charge in [0.2, 0.25) is 0 Å². The molecule has 0 radical (unpaired) electrons. The minimum atomic E-state index is -0.359. The summed E-state index contributed by atoms with van der Waals surface area (Å²) >= 11 is 1.32. The van der Waals surface area contributed by atoms with Gasteiger partial charge in [-0.1, -0.05) is 0 Å². The molecule has 0 unspecified atom stereocenters. The number of anilines is 1. The normalized spacial score (nSPS) is 15.8. The second-order valence-electron chi connectivity index (χ2n) is 5.22. The lowest BCUT2D eigenvalue weighted by molar-refractivity contribution is 0.0716. The molecule has 116 valence electrons. The Balaban J connectivity index is 1.71. The number of carbonyl (C=O) groups is 2. The van der Waals surface area contributed by atoms with E-state index >= 15 is 0 Å². The molecule has 1 fully saturated rings. The van der Waals surface area contributed by atoms with Gasteiger partial charge in [-0.05, 0) is 36.4 Å². The Morgan fingerprint density at radius 1 is 1.32 bits per heavy atom. The van der Waals surface area contributed by atoms with Crippen LogP contribution in [0, 0.1) is 0 Å². The van der Waals surface area contributed by atoms with Crippen molar-refractivity contribution in [3.63, 3.8) is 0 Å². The van der Waals surface area contributed by atoms with Crippen LogP contribution in [0.3, 0.4) is 0 Å². The van der Waals surface area contributed by atoms with Crippen molar-refractivity contribution in [3.8, 4) is 0 Å². The largest absolute Gasteiger partial charge is 0.459 e. The number of piperidine rings is 1. The molecule has 3 heterocycles. The first-order chi connectivity index (χ1) is 10.6. The van der Waals surface area contributed by atoms with E-state index in [1.807, 2.05) is 0 Å². The zero-order valence-corrected chi connectivity index (χ0v) is 12.8. The summed E-state index contributed by atoms with van der Waals surface area (Å²) < 4.78 is 5.06. The Bertz CT molecular complexity index is 657. The van der Waals surface area contributed by atoms with E-state index in [-0.39, 0.29) is 23.6 Å². The standard InChI is InChI=1S/C15H17N3O3S/c16-10-3-6-18(7-4-10)15(20)11-5-9-22-14(11)17-13(19)12-2-1-8-21-12/h1-2,5,8-10H,3-4,6-7,16H2,(H,17,19). The highest BCUT2D eigenvalue weighted by atomic mass is 32.1. The Hall–Kier alpha value is -2.12. The van der Waals surface area contributed by atoms with Gasteiger partial charge in [-0.15, -0.1) is 11.3 Å². The van der Waals surface area contributed by atoms with Crippen LogP contribution in [0.2, 0.25) is 0 Å². The number of nitrogens with one attached hydrogen (secondary N) is 1. The summed E-state index contributed by atoms with van der Waals surface area (Å²) in [7, 11) is 0. The highest BCUT2D eigenvalue weighted by Gasteiger charge is 2.25. The smallest absolute Gasteiger partial charge is 0.291 e. The molecule has 1 aliphatic heterocycles. The lowest BCUT2D eigenvalue weighted by atomic mass is 10.1. The molecule has 0 aliphatic carbocycles. The Morgan fingerprint density at radius 2 is 2.09 bits per heavy atom. The number of hydrogen-bond donors (Lipinski definition) is 2.